The smallest absolute Gasteiger partial charge is 0.142 e. The Morgan fingerprint density at radius 1 is 1.00 bits per heavy atom. The molecule has 23 heavy (non-hydrogen) atoms. The van der Waals surface area contributed by atoms with Gasteiger partial charge < -0.3 is 10.5 Å². The van der Waals surface area contributed by atoms with Crippen molar-refractivity contribution in [1.82, 2.24) is 4.90 Å². The molecular formula is C20H28N2O. The van der Waals surface area contributed by atoms with Gasteiger partial charge in [0.05, 0.1) is 12.3 Å². The maximum atomic E-state index is 6.09. The third kappa shape index (κ3) is 5.61. The van der Waals surface area contributed by atoms with E-state index in [1.807, 2.05) is 12.1 Å². The van der Waals surface area contributed by atoms with Crippen molar-refractivity contribution in [3.8, 4) is 5.75 Å². The summed E-state index contributed by atoms with van der Waals surface area (Å²) in [5.41, 5.74) is 9.44. The van der Waals surface area contributed by atoms with Gasteiger partial charge in [0.1, 0.15) is 5.75 Å². The van der Waals surface area contributed by atoms with E-state index >= 15 is 0 Å². The van der Waals surface area contributed by atoms with Crippen LogP contribution < -0.4 is 10.5 Å². The largest absolute Gasteiger partial charge is 0.491 e. The summed E-state index contributed by atoms with van der Waals surface area (Å²) >= 11 is 0. The molecule has 2 rings (SSSR count). The Hall–Kier alpha value is -2.00. The third-order valence-corrected chi connectivity index (χ3v) is 3.95. The summed E-state index contributed by atoms with van der Waals surface area (Å²) in [7, 11) is 0. The normalized spacial score (nSPS) is 10.9. The van der Waals surface area contributed by atoms with Gasteiger partial charge in [-0.2, -0.15) is 0 Å². The quantitative estimate of drug-likeness (QED) is 0.708. The van der Waals surface area contributed by atoms with Crippen molar-refractivity contribution >= 4 is 5.69 Å². The van der Waals surface area contributed by atoms with Crippen molar-refractivity contribution in [2.75, 3.05) is 25.4 Å². The molecule has 0 aromatic heterocycles. The Balaban J connectivity index is 1.89. The lowest BCUT2D eigenvalue weighted by atomic mass is 10.1. The SMILES string of the molecule is CCCOc1ccc(CCN(CC)Cc2ccccc2)cc1N. The van der Waals surface area contributed by atoms with Gasteiger partial charge in [0, 0.05) is 13.1 Å². The number of nitrogens with two attached hydrogens (primary N) is 1. The molecule has 0 unspecified atom stereocenters. The minimum atomic E-state index is 0.713. The van der Waals surface area contributed by atoms with E-state index in [-0.39, 0.29) is 0 Å². The predicted octanol–water partition coefficient (Wildman–Crippen LogP) is 4.12. The van der Waals surface area contributed by atoms with E-state index in [1.165, 1.54) is 11.1 Å². The van der Waals surface area contributed by atoms with Crippen molar-refractivity contribution in [3.05, 3.63) is 59.7 Å². The number of likely N-dealkylation sites (N-methyl/N-ethyl adjacent to an activating group) is 1. The van der Waals surface area contributed by atoms with E-state index < -0.39 is 0 Å². The molecule has 3 nitrogen and oxygen atoms in total. The predicted molar refractivity (Wildman–Crippen MR) is 97.7 cm³/mol. The summed E-state index contributed by atoms with van der Waals surface area (Å²) in [6.45, 7) is 8.08. The molecule has 2 N–H and O–H groups in total. The maximum Gasteiger partial charge on any atom is 0.142 e. The first-order valence-electron chi connectivity index (χ1n) is 8.50. The number of rotatable bonds is 9. The molecule has 0 atom stereocenters. The van der Waals surface area contributed by atoms with Crippen LogP contribution in [0.1, 0.15) is 31.4 Å². The van der Waals surface area contributed by atoms with Crippen LogP contribution in [0, 0.1) is 0 Å². The van der Waals surface area contributed by atoms with Gasteiger partial charge in [0.15, 0.2) is 0 Å². The topological polar surface area (TPSA) is 38.5 Å². The highest BCUT2D eigenvalue weighted by Crippen LogP contribution is 2.23. The van der Waals surface area contributed by atoms with E-state index in [4.69, 9.17) is 10.5 Å². The van der Waals surface area contributed by atoms with Gasteiger partial charge in [-0.1, -0.05) is 50.2 Å². The molecular weight excluding hydrogens is 284 g/mol. The number of hydrogen-bond donors (Lipinski definition) is 1. The molecule has 0 aliphatic rings. The Kier molecular flexibility index (Phi) is 6.95. The molecule has 0 heterocycles. The maximum absolute atomic E-state index is 6.09. The van der Waals surface area contributed by atoms with Crippen LogP contribution in [-0.4, -0.2) is 24.6 Å². The van der Waals surface area contributed by atoms with Crippen molar-refractivity contribution in [1.29, 1.82) is 0 Å². The summed E-state index contributed by atoms with van der Waals surface area (Å²) in [6.07, 6.45) is 1.99. The lowest BCUT2D eigenvalue weighted by molar-refractivity contribution is 0.283. The fourth-order valence-corrected chi connectivity index (χ4v) is 2.57. The summed E-state index contributed by atoms with van der Waals surface area (Å²) in [6, 6.07) is 16.8. The monoisotopic (exact) mass is 312 g/mol. The first kappa shape index (κ1) is 17.4. The highest BCUT2D eigenvalue weighted by atomic mass is 16.5. The number of hydrogen-bond acceptors (Lipinski definition) is 3. The van der Waals surface area contributed by atoms with Crippen molar-refractivity contribution in [2.24, 2.45) is 0 Å². The van der Waals surface area contributed by atoms with Gasteiger partial charge in [-0.3, -0.25) is 4.90 Å². The lowest BCUT2D eigenvalue weighted by Crippen LogP contribution is -2.25. The zero-order valence-electron chi connectivity index (χ0n) is 14.3. The Labute approximate surface area is 140 Å². The molecule has 0 amide bonds. The lowest BCUT2D eigenvalue weighted by Gasteiger charge is -2.20. The van der Waals surface area contributed by atoms with Crippen LogP contribution in [0.25, 0.3) is 0 Å². The van der Waals surface area contributed by atoms with Gasteiger partial charge in [0.25, 0.3) is 0 Å². The van der Waals surface area contributed by atoms with Gasteiger partial charge in [-0.05, 0) is 42.6 Å². The summed E-state index contributed by atoms with van der Waals surface area (Å²) in [4.78, 5) is 2.45. The molecule has 124 valence electrons. The molecule has 0 saturated carbocycles. The Morgan fingerprint density at radius 2 is 1.78 bits per heavy atom. The van der Waals surface area contributed by atoms with Crippen molar-refractivity contribution in [3.63, 3.8) is 0 Å². The fraction of sp³-hybridized carbons (Fsp3) is 0.400. The Morgan fingerprint density at radius 3 is 2.43 bits per heavy atom. The standard InChI is InChI=1S/C20H28N2O/c1-3-14-23-20-11-10-17(15-19(20)21)12-13-22(4-2)16-18-8-6-5-7-9-18/h5-11,15H,3-4,12-14,16,21H2,1-2H3. The number of ether oxygens (including phenoxy) is 1. The van der Waals surface area contributed by atoms with Crippen LogP contribution in [0.15, 0.2) is 48.5 Å². The summed E-state index contributed by atoms with van der Waals surface area (Å²) in [5.74, 6) is 0.798. The molecule has 0 fully saturated rings. The first-order chi connectivity index (χ1) is 11.2. The molecule has 2 aromatic carbocycles. The van der Waals surface area contributed by atoms with E-state index in [9.17, 15) is 0 Å². The molecule has 0 aliphatic heterocycles. The number of nitrogens with zero attached hydrogens (tertiary/aromatic N) is 1. The van der Waals surface area contributed by atoms with Gasteiger partial charge in [-0.15, -0.1) is 0 Å². The highest BCUT2D eigenvalue weighted by molar-refractivity contribution is 5.54. The van der Waals surface area contributed by atoms with Crippen LogP contribution in [0.3, 0.4) is 0 Å². The second-order valence-corrected chi connectivity index (χ2v) is 5.83. The van der Waals surface area contributed by atoms with E-state index in [0.717, 1.165) is 43.9 Å². The molecule has 0 radical (unpaired) electrons. The molecule has 0 spiro atoms. The summed E-state index contributed by atoms with van der Waals surface area (Å²) < 4.78 is 5.63. The number of nitrogen functional groups attached to an aromatic ring is 1. The average molecular weight is 312 g/mol. The zero-order valence-corrected chi connectivity index (χ0v) is 14.3. The Bertz CT molecular complexity index is 583. The van der Waals surface area contributed by atoms with E-state index in [0.29, 0.717) is 6.61 Å². The van der Waals surface area contributed by atoms with Crippen LogP contribution in [0.5, 0.6) is 5.75 Å². The van der Waals surface area contributed by atoms with Gasteiger partial charge >= 0.3 is 0 Å². The minimum absolute atomic E-state index is 0.713. The highest BCUT2D eigenvalue weighted by Gasteiger charge is 2.06. The molecule has 2 aromatic rings. The van der Waals surface area contributed by atoms with Crippen LogP contribution >= 0.6 is 0 Å². The van der Waals surface area contributed by atoms with E-state index in [2.05, 4.69) is 55.1 Å². The van der Waals surface area contributed by atoms with Gasteiger partial charge in [0.2, 0.25) is 0 Å². The van der Waals surface area contributed by atoms with Crippen molar-refractivity contribution in [2.45, 2.75) is 33.2 Å². The van der Waals surface area contributed by atoms with Crippen LogP contribution in [-0.2, 0) is 13.0 Å². The third-order valence-electron chi connectivity index (χ3n) is 3.95. The second-order valence-electron chi connectivity index (χ2n) is 5.83. The first-order valence-corrected chi connectivity index (χ1v) is 8.50. The molecule has 3 heteroatoms. The molecule has 0 aliphatic carbocycles. The number of benzene rings is 2. The summed E-state index contributed by atoms with van der Waals surface area (Å²) in [5, 5.41) is 0. The molecule has 0 saturated heterocycles. The van der Waals surface area contributed by atoms with Crippen LogP contribution in [0.4, 0.5) is 5.69 Å². The molecule has 0 bridgehead atoms. The van der Waals surface area contributed by atoms with Gasteiger partial charge in [-0.25, -0.2) is 0 Å². The zero-order chi connectivity index (χ0) is 16.5. The van der Waals surface area contributed by atoms with Crippen molar-refractivity contribution < 1.29 is 4.74 Å². The number of anilines is 1. The average Bonchev–Trinajstić information content (AvgIpc) is 2.58. The minimum Gasteiger partial charge on any atom is -0.491 e. The van der Waals surface area contributed by atoms with E-state index in [1.54, 1.807) is 0 Å². The fourth-order valence-electron chi connectivity index (χ4n) is 2.57. The van der Waals surface area contributed by atoms with Crippen LogP contribution in [0.2, 0.25) is 0 Å². The second kappa shape index (κ2) is 9.21.